The minimum Gasteiger partial charge on any atom is -0.396 e. The molecule has 0 aromatic carbocycles. The molecule has 15 heavy (non-hydrogen) atoms. The van der Waals surface area contributed by atoms with E-state index in [9.17, 15) is 4.21 Å². The average molecular weight is 292 g/mol. The van der Waals surface area contributed by atoms with Crippen molar-refractivity contribution >= 4 is 38.1 Å². The number of nitrogens with one attached hydrogen (secondary N) is 1. The van der Waals surface area contributed by atoms with E-state index in [2.05, 4.69) is 26.2 Å². The molecule has 0 spiro atoms. The third-order valence-corrected chi connectivity index (χ3v) is 3.30. The minimum atomic E-state index is -0.729. The van der Waals surface area contributed by atoms with Crippen molar-refractivity contribution in [2.75, 3.05) is 29.6 Å². The van der Waals surface area contributed by atoms with Crippen molar-refractivity contribution in [2.24, 2.45) is 0 Å². The van der Waals surface area contributed by atoms with Crippen molar-refractivity contribution in [1.82, 2.24) is 4.98 Å². The van der Waals surface area contributed by atoms with Gasteiger partial charge in [0.05, 0.1) is 22.0 Å². The third-order valence-electron chi connectivity index (χ3n) is 1.84. The molecular weight excluding hydrogens is 278 g/mol. The van der Waals surface area contributed by atoms with Crippen LogP contribution in [0.15, 0.2) is 16.9 Å². The lowest BCUT2D eigenvalue weighted by atomic mass is 10.3. The van der Waals surface area contributed by atoms with Crippen molar-refractivity contribution in [1.29, 1.82) is 0 Å². The van der Waals surface area contributed by atoms with Gasteiger partial charge in [-0.1, -0.05) is 0 Å². The molecule has 84 valence electrons. The van der Waals surface area contributed by atoms with E-state index >= 15 is 0 Å². The summed E-state index contributed by atoms with van der Waals surface area (Å²) in [4.78, 5) is 3.94. The molecule has 1 rings (SSSR count). The normalized spacial score (nSPS) is 12.4. The molecule has 0 fully saturated rings. The standard InChI is InChI=1S/C9H14BrN3OS/c1-15(14)4-2-3-13-9-7(10)5-12-6-8(9)11/h5-6H,2-4,11H2,1H3,(H,12,13). The molecule has 1 aromatic rings. The topological polar surface area (TPSA) is 68.0 Å². The smallest absolute Gasteiger partial charge is 0.0750 e. The first kappa shape index (κ1) is 12.4. The van der Waals surface area contributed by atoms with Gasteiger partial charge in [-0.2, -0.15) is 0 Å². The predicted molar refractivity (Wildman–Crippen MR) is 68.4 cm³/mol. The van der Waals surface area contributed by atoms with Crippen molar-refractivity contribution in [3.8, 4) is 0 Å². The summed E-state index contributed by atoms with van der Waals surface area (Å²) in [6, 6.07) is 0. The molecule has 3 N–H and O–H groups in total. The molecule has 0 saturated heterocycles. The zero-order chi connectivity index (χ0) is 11.3. The van der Waals surface area contributed by atoms with Gasteiger partial charge in [0.1, 0.15) is 0 Å². The van der Waals surface area contributed by atoms with Gasteiger partial charge in [-0.05, 0) is 22.4 Å². The number of pyridine rings is 1. The van der Waals surface area contributed by atoms with Crippen molar-refractivity contribution in [3.05, 3.63) is 16.9 Å². The Morgan fingerprint density at radius 1 is 1.60 bits per heavy atom. The predicted octanol–water partition coefficient (Wildman–Crippen LogP) is 1.61. The van der Waals surface area contributed by atoms with Gasteiger partial charge in [0.15, 0.2) is 0 Å². The molecule has 0 radical (unpaired) electrons. The van der Waals surface area contributed by atoms with E-state index in [1.807, 2.05) is 0 Å². The third kappa shape index (κ3) is 4.17. The lowest BCUT2D eigenvalue weighted by Gasteiger charge is -2.09. The fraction of sp³-hybridized carbons (Fsp3) is 0.444. The number of anilines is 2. The van der Waals surface area contributed by atoms with Crippen LogP contribution >= 0.6 is 15.9 Å². The zero-order valence-corrected chi connectivity index (χ0v) is 10.9. The Morgan fingerprint density at radius 3 is 2.93 bits per heavy atom. The Labute approximate surface area is 100 Å². The Balaban J connectivity index is 2.47. The molecule has 1 heterocycles. The second-order valence-corrected chi connectivity index (χ2v) is 5.55. The summed E-state index contributed by atoms with van der Waals surface area (Å²) in [6.45, 7) is 0.756. The quantitative estimate of drug-likeness (QED) is 0.809. The van der Waals surface area contributed by atoms with Crippen molar-refractivity contribution in [3.63, 3.8) is 0 Å². The van der Waals surface area contributed by atoms with Crippen LogP contribution in [0.25, 0.3) is 0 Å². The highest BCUT2D eigenvalue weighted by Gasteiger charge is 2.03. The van der Waals surface area contributed by atoms with E-state index in [-0.39, 0.29) is 0 Å². The van der Waals surface area contributed by atoms with E-state index in [0.717, 1.165) is 23.1 Å². The first-order chi connectivity index (χ1) is 7.11. The van der Waals surface area contributed by atoms with Gasteiger partial charge in [-0.15, -0.1) is 0 Å². The van der Waals surface area contributed by atoms with Gasteiger partial charge in [-0.25, -0.2) is 0 Å². The van der Waals surface area contributed by atoms with Gasteiger partial charge in [0.2, 0.25) is 0 Å². The van der Waals surface area contributed by atoms with E-state index in [4.69, 9.17) is 5.73 Å². The van der Waals surface area contributed by atoms with E-state index in [0.29, 0.717) is 11.4 Å². The maximum absolute atomic E-state index is 10.8. The fourth-order valence-corrected chi connectivity index (χ4v) is 2.16. The lowest BCUT2D eigenvalue weighted by molar-refractivity contribution is 0.685. The highest BCUT2D eigenvalue weighted by Crippen LogP contribution is 2.26. The summed E-state index contributed by atoms with van der Waals surface area (Å²) in [5.74, 6) is 0.704. The first-order valence-corrected chi connectivity index (χ1v) is 7.06. The van der Waals surface area contributed by atoms with E-state index in [1.54, 1.807) is 18.6 Å². The molecule has 0 aliphatic carbocycles. The molecule has 1 aromatic heterocycles. The molecule has 1 unspecified atom stereocenters. The maximum Gasteiger partial charge on any atom is 0.0750 e. The van der Waals surface area contributed by atoms with Crippen LogP contribution in [0.4, 0.5) is 11.4 Å². The van der Waals surface area contributed by atoms with Crippen molar-refractivity contribution in [2.45, 2.75) is 6.42 Å². The molecular formula is C9H14BrN3OS. The Hall–Kier alpha value is -0.620. The minimum absolute atomic E-state index is 0.613. The number of hydrogen-bond donors (Lipinski definition) is 2. The number of nitrogen functional groups attached to an aromatic ring is 1. The highest BCUT2D eigenvalue weighted by molar-refractivity contribution is 9.10. The number of hydrogen-bond acceptors (Lipinski definition) is 4. The van der Waals surface area contributed by atoms with Crippen LogP contribution in [0.1, 0.15) is 6.42 Å². The second kappa shape index (κ2) is 6.07. The summed E-state index contributed by atoms with van der Waals surface area (Å²) in [6.07, 6.45) is 5.86. The Morgan fingerprint density at radius 2 is 2.33 bits per heavy atom. The Kier molecular flexibility index (Phi) is 5.04. The van der Waals surface area contributed by atoms with Gasteiger partial charge >= 0.3 is 0 Å². The molecule has 1 atom stereocenters. The van der Waals surface area contributed by atoms with E-state index < -0.39 is 10.8 Å². The number of nitrogens with two attached hydrogens (primary N) is 1. The van der Waals surface area contributed by atoms with Gasteiger partial charge in [0.25, 0.3) is 0 Å². The molecule has 6 heteroatoms. The number of rotatable bonds is 5. The van der Waals surface area contributed by atoms with E-state index in [1.165, 1.54) is 0 Å². The number of nitrogens with zero attached hydrogens (tertiary/aromatic N) is 1. The molecule has 4 nitrogen and oxygen atoms in total. The number of halogens is 1. The Bertz CT molecular complexity index is 339. The maximum atomic E-state index is 10.8. The number of aromatic nitrogens is 1. The second-order valence-electron chi connectivity index (χ2n) is 3.14. The molecule has 0 saturated carbocycles. The summed E-state index contributed by atoms with van der Waals surface area (Å²) >= 11 is 3.36. The zero-order valence-electron chi connectivity index (χ0n) is 8.50. The van der Waals surface area contributed by atoms with Crippen LogP contribution in [0.2, 0.25) is 0 Å². The molecule has 0 amide bonds. The van der Waals surface area contributed by atoms with Crippen LogP contribution in [-0.4, -0.2) is 27.7 Å². The van der Waals surface area contributed by atoms with Crippen LogP contribution in [0.3, 0.4) is 0 Å². The largest absolute Gasteiger partial charge is 0.396 e. The van der Waals surface area contributed by atoms with Crippen LogP contribution < -0.4 is 11.1 Å². The monoisotopic (exact) mass is 291 g/mol. The summed E-state index contributed by atoms with van der Waals surface area (Å²) in [5.41, 5.74) is 7.21. The van der Waals surface area contributed by atoms with Crippen molar-refractivity contribution < 1.29 is 4.21 Å². The molecule has 0 aliphatic heterocycles. The molecule has 0 bridgehead atoms. The van der Waals surface area contributed by atoms with Gasteiger partial charge in [0, 0.05) is 35.5 Å². The molecule has 0 aliphatic rings. The van der Waals surface area contributed by atoms with Crippen LogP contribution in [0.5, 0.6) is 0 Å². The van der Waals surface area contributed by atoms with Gasteiger partial charge in [-0.3, -0.25) is 9.19 Å². The van der Waals surface area contributed by atoms with Crippen LogP contribution in [-0.2, 0) is 10.8 Å². The fourth-order valence-electron chi connectivity index (χ4n) is 1.13. The lowest BCUT2D eigenvalue weighted by Crippen LogP contribution is -2.08. The summed E-state index contributed by atoms with van der Waals surface area (Å²) < 4.78 is 11.7. The van der Waals surface area contributed by atoms with Crippen LogP contribution in [0, 0.1) is 0 Å². The summed E-state index contributed by atoms with van der Waals surface area (Å²) in [5, 5.41) is 3.19. The van der Waals surface area contributed by atoms with Gasteiger partial charge < -0.3 is 11.1 Å². The highest BCUT2D eigenvalue weighted by atomic mass is 79.9. The summed E-state index contributed by atoms with van der Waals surface area (Å²) in [7, 11) is -0.729. The SMILES string of the molecule is CS(=O)CCCNc1c(N)cncc1Br. The average Bonchev–Trinajstić information content (AvgIpc) is 2.15. The first-order valence-electron chi connectivity index (χ1n) is 4.54.